The van der Waals surface area contributed by atoms with E-state index in [4.69, 9.17) is 34.8 Å². The second-order valence-corrected chi connectivity index (χ2v) is 5.98. The molecule has 0 aliphatic rings. The zero-order chi connectivity index (χ0) is 15.5. The zero-order valence-corrected chi connectivity index (χ0v) is 13.3. The first-order valence-electron chi connectivity index (χ1n) is 6.32. The summed E-state index contributed by atoms with van der Waals surface area (Å²) in [7, 11) is 0. The van der Waals surface area contributed by atoms with Gasteiger partial charge in [0.1, 0.15) is 11.6 Å². The molecule has 0 unspecified atom stereocenters. The Morgan fingerprint density at radius 3 is 2.05 bits per heavy atom. The van der Waals surface area contributed by atoms with Crippen molar-refractivity contribution in [1.29, 1.82) is 0 Å². The maximum absolute atomic E-state index is 13.4. The minimum Gasteiger partial charge on any atom is -0.207 e. The van der Waals surface area contributed by atoms with Gasteiger partial charge in [0.25, 0.3) is 0 Å². The highest BCUT2D eigenvalue weighted by atomic mass is 35.5. The van der Waals surface area contributed by atoms with Gasteiger partial charge in [-0.2, -0.15) is 0 Å². The Kier molecular flexibility index (Phi) is 5.48. The van der Waals surface area contributed by atoms with Gasteiger partial charge in [0, 0.05) is 28.3 Å². The molecule has 0 aliphatic heterocycles. The van der Waals surface area contributed by atoms with Crippen LogP contribution in [0.15, 0.2) is 42.5 Å². The van der Waals surface area contributed by atoms with Crippen molar-refractivity contribution in [3.8, 4) is 0 Å². The van der Waals surface area contributed by atoms with Crippen LogP contribution in [0, 0.1) is 11.6 Å². The lowest BCUT2D eigenvalue weighted by Gasteiger charge is -2.30. The normalized spacial score (nSPS) is 11.7. The molecule has 0 heterocycles. The molecule has 0 aromatic heterocycles. The summed E-state index contributed by atoms with van der Waals surface area (Å²) in [5.74, 6) is -0.799. The van der Waals surface area contributed by atoms with Crippen LogP contribution in [0.4, 0.5) is 8.78 Å². The summed E-state index contributed by atoms with van der Waals surface area (Å²) in [6.07, 6.45) is 0.328. The van der Waals surface area contributed by atoms with Gasteiger partial charge < -0.3 is 0 Å². The van der Waals surface area contributed by atoms with Crippen LogP contribution in [0.25, 0.3) is 0 Å². The highest BCUT2D eigenvalue weighted by molar-refractivity contribution is 6.30. The van der Waals surface area contributed by atoms with E-state index >= 15 is 0 Å². The number of alkyl halides is 2. The van der Waals surface area contributed by atoms with Crippen molar-refractivity contribution in [3.05, 3.63) is 70.2 Å². The molecule has 0 amide bonds. The van der Waals surface area contributed by atoms with Crippen molar-refractivity contribution in [1.82, 2.24) is 0 Å². The van der Waals surface area contributed by atoms with E-state index in [9.17, 15) is 8.78 Å². The molecular formula is C16H13Cl3F2. The molecule has 2 rings (SSSR count). The fraction of sp³-hybridized carbons (Fsp3) is 0.250. The van der Waals surface area contributed by atoms with Crippen molar-refractivity contribution in [2.75, 3.05) is 11.8 Å². The summed E-state index contributed by atoms with van der Waals surface area (Å²) in [4.78, 5) is 0. The zero-order valence-electron chi connectivity index (χ0n) is 11.1. The smallest absolute Gasteiger partial charge is 0.126 e. The molecule has 112 valence electrons. The summed E-state index contributed by atoms with van der Waals surface area (Å²) in [5.41, 5.74) is 0.729. The average Bonchev–Trinajstić information content (AvgIpc) is 2.44. The molecule has 2 aromatic carbocycles. The molecule has 0 saturated heterocycles. The van der Waals surface area contributed by atoms with Crippen molar-refractivity contribution >= 4 is 34.8 Å². The molecule has 0 bridgehead atoms. The van der Waals surface area contributed by atoms with Crippen molar-refractivity contribution < 1.29 is 8.78 Å². The largest absolute Gasteiger partial charge is 0.207 e. The molecule has 0 N–H and O–H groups in total. The fourth-order valence-electron chi connectivity index (χ4n) is 2.31. The predicted molar refractivity (Wildman–Crippen MR) is 84.6 cm³/mol. The third-order valence-electron chi connectivity index (χ3n) is 3.41. The quantitative estimate of drug-likeness (QED) is 0.618. The molecule has 0 spiro atoms. The molecule has 0 fully saturated rings. The summed E-state index contributed by atoms with van der Waals surface area (Å²) in [6, 6.07) is 10.6. The first kappa shape index (κ1) is 16.5. The molecule has 0 radical (unpaired) electrons. The standard InChI is InChI=1S/C16H13Cl3F2/c17-9-16(10-18,12-2-1-3-13(19)6-12)8-11-4-14(20)7-15(21)5-11/h1-7H,8-10H2. The van der Waals surface area contributed by atoms with Crippen LogP contribution >= 0.6 is 34.8 Å². The summed E-state index contributed by atoms with van der Waals surface area (Å²) < 4.78 is 26.7. The highest BCUT2D eigenvalue weighted by Crippen LogP contribution is 2.33. The van der Waals surface area contributed by atoms with Gasteiger partial charge in [0.05, 0.1) is 0 Å². The number of halogens is 5. The van der Waals surface area contributed by atoms with Crippen LogP contribution in [0.5, 0.6) is 0 Å². The second kappa shape index (κ2) is 6.95. The number of benzene rings is 2. The van der Waals surface area contributed by atoms with Gasteiger partial charge in [-0.1, -0.05) is 23.7 Å². The second-order valence-electron chi connectivity index (χ2n) is 5.01. The molecular weight excluding hydrogens is 337 g/mol. The highest BCUT2D eigenvalue weighted by Gasteiger charge is 2.31. The maximum Gasteiger partial charge on any atom is 0.126 e. The lowest BCUT2D eigenvalue weighted by Crippen LogP contribution is -2.33. The molecule has 2 aromatic rings. The SMILES string of the molecule is Fc1cc(F)cc(CC(CCl)(CCl)c2cccc(Cl)c2)c1. The Bertz CT molecular complexity index is 604. The third kappa shape index (κ3) is 3.88. The topological polar surface area (TPSA) is 0 Å². The van der Waals surface area contributed by atoms with Gasteiger partial charge in [0.15, 0.2) is 0 Å². The van der Waals surface area contributed by atoms with E-state index in [2.05, 4.69) is 0 Å². The summed E-state index contributed by atoms with van der Waals surface area (Å²) >= 11 is 18.3. The van der Waals surface area contributed by atoms with E-state index in [0.717, 1.165) is 11.6 Å². The van der Waals surface area contributed by atoms with Gasteiger partial charge in [-0.25, -0.2) is 8.78 Å². The van der Waals surface area contributed by atoms with E-state index in [0.29, 0.717) is 17.0 Å². The van der Waals surface area contributed by atoms with Gasteiger partial charge in [-0.05, 0) is 41.8 Å². The lowest BCUT2D eigenvalue weighted by atomic mass is 9.78. The summed E-state index contributed by atoms with van der Waals surface area (Å²) in [5, 5.41) is 0.567. The number of hydrogen-bond donors (Lipinski definition) is 0. The molecule has 0 aliphatic carbocycles. The van der Waals surface area contributed by atoms with Crippen LogP contribution in [0.3, 0.4) is 0 Å². The lowest BCUT2D eigenvalue weighted by molar-refractivity contribution is 0.525. The summed E-state index contributed by atoms with van der Waals surface area (Å²) in [6.45, 7) is 0. The van der Waals surface area contributed by atoms with Crippen molar-refractivity contribution in [2.24, 2.45) is 0 Å². The number of rotatable bonds is 5. The van der Waals surface area contributed by atoms with E-state index in [1.165, 1.54) is 12.1 Å². The van der Waals surface area contributed by atoms with Crippen LogP contribution in [0.2, 0.25) is 5.02 Å². The van der Waals surface area contributed by atoms with Crippen LogP contribution in [-0.2, 0) is 11.8 Å². The Balaban J connectivity index is 2.42. The van der Waals surface area contributed by atoms with Gasteiger partial charge in [-0.15, -0.1) is 23.2 Å². The molecule has 0 atom stereocenters. The first-order chi connectivity index (χ1) is 9.99. The average molecular weight is 350 g/mol. The Morgan fingerprint density at radius 1 is 0.905 bits per heavy atom. The maximum atomic E-state index is 13.4. The van der Waals surface area contributed by atoms with Gasteiger partial charge in [0.2, 0.25) is 0 Å². The van der Waals surface area contributed by atoms with E-state index in [1.54, 1.807) is 18.2 Å². The predicted octanol–water partition coefficient (Wildman–Crippen LogP) is 5.58. The molecule has 5 heteroatoms. The Hall–Kier alpha value is -0.830. The fourth-order valence-corrected chi connectivity index (χ4v) is 3.28. The first-order valence-corrected chi connectivity index (χ1v) is 7.77. The molecule has 0 saturated carbocycles. The minimum absolute atomic E-state index is 0.217. The van der Waals surface area contributed by atoms with Crippen molar-refractivity contribution in [2.45, 2.75) is 11.8 Å². The van der Waals surface area contributed by atoms with Crippen LogP contribution in [-0.4, -0.2) is 11.8 Å². The van der Waals surface area contributed by atoms with Gasteiger partial charge >= 0.3 is 0 Å². The van der Waals surface area contributed by atoms with E-state index in [1.807, 2.05) is 6.07 Å². The molecule has 21 heavy (non-hydrogen) atoms. The van der Waals surface area contributed by atoms with E-state index in [-0.39, 0.29) is 11.8 Å². The Morgan fingerprint density at radius 2 is 1.52 bits per heavy atom. The van der Waals surface area contributed by atoms with Crippen LogP contribution in [0.1, 0.15) is 11.1 Å². The van der Waals surface area contributed by atoms with Gasteiger partial charge in [-0.3, -0.25) is 0 Å². The van der Waals surface area contributed by atoms with Crippen molar-refractivity contribution in [3.63, 3.8) is 0 Å². The third-order valence-corrected chi connectivity index (χ3v) is 4.67. The van der Waals surface area contributed by atoms with Crippen LogP contribution < -0.4 is 0 Å². The van der Waals surface area contributed by atoms with E-state index < -0.39 is 17.0 Å². The monoisotopic (exact) mass is 348 g/mol. The Labute approximate surface area is 137 Å². The number of hydrogen-bond acceptors (Lipinski definition) is 0. The molecule has 0 nitrogen and oxygen atoms in total. The minimum atomic E-state index is -0.631.